The molecule has 0 radical (unpaired) electrons. The number of rotatable bonds is 3. The fourth-order valence-corrected chi connectivity index (χ4v) is 3.96. The van der Waals surface area contributed by atoms with Crippen LogP contribution >= 0.6 is 11.6 Å². The highest BCUT2D eigenvalue weighted by Crippen LogP contribution is 2.35. The van der Waals surface area contributed by atoms with E-state index in [1.165, 1.54) is 36.9 Å². The van der Waals surface area contributed by atoms with Gasteiger partial charge in [0, 0.05) is 30.3 Å². The molecule has 2 heterocycles. The molecule has 11 heteroatoms. The van der Waals surface area contributed by atoms with Gasteiger partial charge in [-0.25, -0.2) is 14.2 Å². The van der Waals surface area contributed by atoms with E-state index in [9.17, 15) is 27.2 Å². The van der Waals surface area contributed by atoms with Crippen molar-refractivity contribution in [3.63, 3.8) is 0 Å². The Kier molecular flexibility index (Phi) is 5.36. The van der Waals surface area contributed by atoms with E-state index >= 15 is 0 Å². The lowest BCUT2D eigenvalue weighted by atomic mass is 10.0. The van der Waals surface area contributed by atoms with Gasteiger partial charge in [0.1, 0.15) is 11.7 Å². The molecule has 0 bridgehead atoms. The maximum atomic E-state index is 14.6. The number of benzene rings is 1. The fourth-order valence-electron chi connectivity index (χ4n) is 3.70. The second kappa shape index (κ2) is 7.77. The van der Waals surface area contributed by atoms with E-state index in [1.54, 1.807) is 0 Å². The molecule has 1 aliphatic carbocycles. The Morgan fingerprint density at radius 3 is 2.53 bits per heavy atom. The Morgan fingerprint density at radius 1 is 1.16 bits per heavy atom. The van der Waals surface area contributed by atoms with Crippen molar-refractivity contribution in [2.75, 3.05) is 0 Å². The second-order valence-corrected chi connectivity index (χ2v) is 7.91. The Hall–Kier alpha value is -3.14. The Labute approximate surface area is 183 Å². The molecule has 0 N–H and O–H groups in total. The molecule has 0 saturated heterocycles. The van der Waals surface area contributed by atoms with E-state index in [2.05, 4.69) is 4.98 Å². The second-order valence-electron chi connectivity index (χ2n) is 7.45. The zero-order valence-electron chi connectivity index (χ0n) is 17.0. The first-order valence-corrected chi connectivity index (χ1v) is 9.96. The molecule has 32 heavy (non-hydrogen) atoms. The summed E-state index contributed by atoms with van der Waals surface area (Å²) in [4.78, 5) is 29.6. The molecule has 1 aromatic carbocycles. The van der Waals surface area contributed by atoms with Gasteiger partial charge in [-0.15, -0.1) is 0 Å². The smallest absolute Gasteiger partial charge is 0.313 e. The molecule has 6 nitrogen and oxygen atoms in total. The third kappa shape index (κ3) is 3.58. The van der Waals surface area contributed by atoms with E-state index in [0.717, 1.165) is 21.3 Å². The van der Waals surface area contributed by atoms with Crippen molar-refractivity contribution in [1.29, 1.82) is 0 Å². The van der Waals surface area contributed by atoms with Crippen LogP contribution in [0.3, 0.4) is 0 Å². The number of hydrogen-bond acceptors (Lipinski definition) is 3. The van der Waals surface area contributed by atoms with E-state index in [0.29, 0.717) is 12.8 Å². The van der Waals surface area contributed by atoms with Gasteiger partial charge in [0.25, 0.3) is 5.56 Å². The van der Waals surface area contributed by atoms with Gasteiger partial charge in [0.2, 0.25) is 0 Å². The maximum absolute atomic E-state index is 14.6. The number of aryl methyl sites for hydroxylation is 1. The lowest BCUT2D eigenvalue weighted by Gasteiger charge is -2.16. The summed E-state index contributed by atoms with van der Waals surface area (Å²) in [6.45, 7) is -0.239. The number of halogens is 5. The third-order valence-electron chi connectivity index (χ3n) is 5.42. The van der Waals surface area contributed by atoms with Gasteiger partial charge >= 0.3 is 11.9 Å². The predicted molar refractivity (Wildman–Crippen MR) is 112 cm³/mol. The molecule has 4 rings (SSSR count). The standard InChI is InChI=1S/C21H17ClF4N4O2/c1-28-18-16(19(31)29(2)20(28)32)30(10-13-14(22)7-4-8-15(13)23)17(27-18)11-5-3-6-12(9-11)21(24,25)26/h3,5-6,8-9H,4,7,10H2,1-2H3. The molecular weight excluding hydrogens is 452 g/mol. The number of nitrogens with zero attached hydrogens (tertiary/aromatic N) is 4. The summed E-state index contributed by atoms with van der Waals surface area (Å²) in [5, 5.41) is 0.253. The molecule has 0 unspecified atom stereocenters. The summed E-state index contributed by atoms with van der Waals surface area (Å²) < 4.78 is 57.7. The molecule has 0 atom stereocenters. The monoisotopic (exact) mass is 468 g/mol. The van der Waals surface area contributed by atoms with Gasteiger partial charge in [-0.2, -0.15) is 13.2 Å². The SMILES string of the molecule is Cn1c(=O)c2c(nc(-c3cccc(C(F)(F)F)c3)n2CC2=C(Cl)CCC=C2F)n(C)c1=O. The molecule has 0 spiro atoms. The van der Waals surface area contributed by atoms with Gasteiger partial charge in [-0.3, -0.25) is 13.9 Å². The Morgan fingerprint density at radius 2 is 1.88 bits per heavy atom. The number of allylic oxidation sites excluding steroid dienone is 4. The first kappa shape index (κ1) is 22.1. The Bertz CT molecular complexity index is 1430. The van der Waals surface area contributed by atoms with Gasteiger partial charge in [0.15, 0.2) is 11.2 Å². The Balaban J connectivity index is 2.06. The highest BCUT2D eigenvalue weighted by molar-refractivity contribution is 6.30. The van der Waals surface area contributed by atoms with Crippen molar-refractivity contribution < 1.29 is 17.6 Å². The normalized spacial score (nSPS) is 14.9. The average Bonchev–Trinajstić information content (AvgIpc) is 3.12. The van der Waals surface area contributed by atoms with E-state index in [1.807, 2.05) is 0 Å². The molecule has 0 saturated carbocycles. The van der Waals surface area contributed by atoms with Crippen molar-refractivity contribution in [1.82, 2.24) is 18.7 Å². The fraction of sp³-hybridized carbons (Fsp3) is 0.286. The van der Waals surface area contributed by atoms with E-state index in [-0.39, 0.29) is 39.7 Å². The summed E-state index contributed by atoms with van der Waals surface area (Å²) in [5.41, 5.74) is -2.16. The number of hydrogen-bond donors (Lipinski definition) is 0. The molecule has 168 valence electrons. The van der Waals surface area contributed by atoms with Crippen LogP contribution in [0.1, 0.15) is 18.4 Å². The zero-order valence-corrected chi connectivity index (χ0v) is 17.8. The van der Waals surface area contributed by atoms with Crippen LogP contribution in [0, 0.1) is 0 Å². The quantitative estimate of drug-likeness (QED) is 0.540. The molecule has 0 aliphatic heterocycles. The molecule has 1 aliphatic rings. The van der Waals surface area contributed by atoms with Crippen LogP contribution in [0.5, 0.6) is 0 Å². The number of aromatic nitrogens is 4. The molecular formula is C21H17ClF4N4O2. The summed E-state index contributed by atoms with van der Waals surface area (Å²) in [6.07, 6.45) is -2.43. The van der Waals surface area contributed by atoms with Crippen LogP contribution in [-0.2, 0) is 26.8 Å². The van der Waals surface area contributed by atoms with E-state index in [4.69, 9.17) is 11.6 Å². The minimum Gasteiger partial charge on any atom is -0.313 e. The first-order valence-electron chi connectivity index (χ1n) is 9.58. The van der Waals surface area contributed by atoms with Crippen molar-refractivity contribution in [2.45, 2.75) is 25.6 Å². The summed E-state index contributed by atoms with van der Waals surface area (Å²) in [7, 11) is 2.67. The van der Waals surface area contributed by atoms with E-state index < -0.39 is 28.8 Å². The van der Waals surface area contributed by atoms with Crippen LogP contribution in [0.25, 0.3) is 22.6 Å². The van der Waals surface area contributed by atoms with Gasteiger partial charge in [-0.05, 0) is 31.1 Å². The largest absolute Gasteiger partial charge is 0.416 e. The third-order valence-corrected chi connectivity index (χ3v) is 5.83. The van der Waals surface area contributed by atoms with Crippen molar-refractivity contribution in [2.24, 2.45) is 14.1 Å². The van der Waals surface area contributed by atoms with Crippen molar-refractivity contribution in [3.8, 4) is 11.4 Å². The van der Waals surface area contributed by atoms with Crippen molar-refractivity contribution >= 4 is 22.8 Å². The number of imidazole rings is 1. The van der Waals surface area contributed by atoms with Crippen LogP contribution in [0.15, 0.2) is 56.4 Å². The summed E-state index contributed by atoms with van der Waals surface area (Å²) >= 11 is 6.23. The summed E-state index contributed by atoms with van der Waals surface area (Å²) in [5.74, 6) is -0.584. The topological polar surface area (TPSA) is 61.8 Å². The van der Waals surface area contributed by atoms with Gasteiger partial charge in [0.05, 0.1) is 12.1 Å². The minimum atomic E-state index is -4.60. The molecule has 2 aromatic heterocycles. The number of alkyl halides is 3. The summed E-state index contributed by atoms with van der Waals surface area (Å²) in [6, 6.07) is 4.42. The highest BCUT2D eigenvalue weighted by atomic mass is 35.5. The molecule has 3 aromatic rings. The van der Waals surface area contributed by atoms with Gasteiger partial charge < -0.3 is 4.57 Å². The van der Waals surface area contributed by atoms with Crippen molar-refractivity contribution in [3.05, 3.63) is 73.2 Å². The van der Waals surface area contributed by atoms with Gasteiger partial charge in [-0.1, -0.05) is 23.7 Å². The van der Waals surface area contributed by atoms with Crippen LogP contribution < -0.4 is 11.2 Å². The molecule has 0 amide bonds. The van der Waals surface area contributed by atoms with Crippen LogP contribution in [-0.4, -0.2) is 18.7 Å². The lowest BCUT2D eigenvalue weighted by Crippen LogP contribution is -2.37. The first-order chi connectivity index (χ1) is 15.0. The maximum Gasteiger partial charge on any atom is 0.416 e. The lowest BCUT2D eigenvalue weighted by molar-refractivity contribution is -0.137. The number of fused-ring (bicyclic) bond motifs is 1. The van der Waals surface area contributed by atoms with Crippen LogP contribution in [0.2, 0.25) is 0 Å². The van der Waals surface area contributed by atoms with Crippen LogP contribution in [0.4, 0.5) is 17.6 Å². The highest BCUT2D eigenvalue weighted by Gasteiger charge is 2.31. The predicted octanol–water partition coefficient (Wildman–Crippen LogP) is 4.26. The minimum absolute atomic E-state index is 0.0141. The molecule has 0 fully saturated rings. The average molecular weight is 469 g/mol. The zero-order chi connectivity index (χ0) is 23.4.